The van der Waals surface area contributed by atoms with Gasteiger partial charge in [-0.1, -0.05) is 18.2 Å². The lowest BCUT2D eigenvalue weighted by Crippen LogP contribution is -2.04. The molecule has 0 aliphatic rings. The molecule has 4 aromatic rings. The third-order valence-corrected chi connectivity index (χ3v) is 4.94. The molecule has 0 atom stereocenters. The van der Waals surface area contributed by atoms with E-state index in [4.69, 9.17) is 0 Å². The number of benzene rings is 1. The van der Waals surface area contributed by atoms with Gasteiger partial charge < -0.3 is 5.32 Å². The monoisotopic (exact) mass is 377 g/mol. The molecule has 0 saturated heterocycles. The summed E-state index contributed by atoms with van der Waals surface area (Å²) in [6.45, 7) is 2.45. The Morgan fingerprint density at radius 2 is 2.04 bits per heavy atom. The fourth-order valence-electron chi connectivity index (χ4n) is 2.75. The summed E-state index contributed by atoms with van der Waals surface area (Å²) in [6.07, 6.45) is 1.71. The predicted molar refractivity (Wildman–Crippen MR) is 106 cm³/mol. The van der Waals surface area contributed by atoms with E-state index in [2.05, 4.69) is 20.3 Å². The van der Waals surface area contributed by atoms with E-state index in [1.807, 2.05) is 37.3 Å². The molecular weight excluding hydrogens is 362 g/mol. The third-order valence-electron chi connectivity index (χ3n) is 3.99. The summed E-state index contributed by atoms with van der Waals surface area (Å²) in [7, 11) is 0. The van der Waals surface area contributed by atoms with Crippen molar-refractivity contribution in [3.63, 3.8) is 0 Å². The fourth-order valence-corrected chi connectivity index (χ4v) is 3.63. The number of rotatable bonds is 5. The first-order valence-corrected chi connectivity index (χ1v) is 9.08. The van der Waals surface area contributed by atoms with Crippen molar-refractivity contribution in [1.29, 1.82) is 0 Å². The highest BCUT2D eigenvalue weighted by molar-refractivity contribution is 7.18. The number of nitro groups is 1. The minimum absolute atomic E-state index is 0.0719. The highest BCUT2D eigenvalue weighted by Crippen LogP contribution is 2.31. The molecule has 1 aromatic carbocycles. The summed E-state index contributed by atoms with van der Waals surface area (Å²) in [6, 6.07) is 14.2. The quantitative estimate of drug-likeness (QED) is 0.404. The van der Waals surface area contributed by atoms with Gasteiger partial charge in [0.25, 0.3) is 5.69 Å². The molecule has 4 rings (SSSR count). The lowest BCUT2D eigenvalue weighted by atomic mass is 10.2. The number of non-ortho nitro benzene ring substituents is 1. The van der Waals surface area contributed by atoms with Crippen molar-refractivity contribution in [1.82, 2.24) is 15.0 Å². The molecule has 3 aromatic heterocycles. The highest BCUT2D eigenvalue weighted by Gasteiger charge is 2.13. The second-order valence-electron chi connectivity index (χ2n) is 5.97. The predicted octanol–water partition coefficient (Wildman–Crippen LogP) is 4.58. The Bertz CT molecular complexity index is 1130. The van der Waals surface area contributed by atoms with Gasteiger partial charge in [-0.3, -0.25) is 15.1 Å². The van der Waals surface area contributed by atoms with Gasteiger partial charge in [0.15, 0.2) is 5.82 Å². The van der Waals surface area contributed by atoms with Crippen LogP contribution in [0.3, 0.4) is 0 Å². The molecule has 0 fully saturated rings. The van der Waals surface area contributed by atoms with Crippen molar-refractivity contribution in [2.75, 3.05) is 5.32 Å². The zero-order valence-electron chi connectivity index (χ0n) is 14.4. The van der Waals surface area contributed by atoms with Crippen LogP contribution in [0.25, 0.3) is 21.7 Å². The second-order valence-corrected chi connectivity index (χ2v) is 7.20. The molecule has 3 heterocycles. The van der Waals surface area contributed by atoms with Gasteiger partial charge in [0.1, 0.15) is 16.3 Å². The molecule has 0 amide bonds. The van der Waals surface area contributed by atoms with Gasteiger partial charge in [0.05, 0.1) is 10.3 Å². The van der Waals surface area contributed by atoms with Gasteiger partial charge in [0.2, 0.25) is 0 Å². The average Bonchev–Trinajstić information content (AvgIpc) is 3.07. The van der Waals surface area contributed by atoms with Crippen LogP contribution in [0.15, 0.2) is 54.7 Å². The van der Waals surface area contributed by atoms with E-state index in [0.717, 1.165) is 20.7 Å². The maximum atomic E-state index is 11.0. The van der Waals surface area contributed by atoms with Crippen LogP contribution < -0.4 is 5.32 Å². The van der Waals surface area contributed by atoms with Gasteiger partial charge in [-0.05, 0) is 30.7 Å². The van der Waals surface area contributed by atoms with Crippen LogP contribution in [-0.2, 0) is 6.54 Å². The topological polar surface area (TPSA) is 93.8 Å². The molecule has 0 radical (unpaired) electrons. The zero-order valence-corrected chi connectivity index (χ0v) is 15.2. The van der Waals surface area contributed by atoms with Gasteiger partial charge >= 0.3 is 0 Å². The average molecular weight is 377 g/mol. The number of nitro benzene ring substituents is 1. The molecule has 0 aliphatic carbocycles. The summed E-state index contributed by atoms with van der Waals surface area (Å²) in [5.74, 6) is 1.24. The number of pyridine rings is 1. The summed E-state index contributed by atoms with van der Waals surface area (Å²) in [5, 5.41) is 15.2. The molecule has 27 heavy (non-hydrogen) atoms. The molecule has 0 unspecified atom stereocenters. The first-order valence-electron chi connectivity index (χ1n) is 8.27. The van der Waals surface area contributed by atoms with Crippen LogP contribution in [0, 0.1) is 17.0 Å². The smallest absolute Gasteiger partial charge is 0.269 e. The minimum Gasteiger partial charge on any atom is -0.365 e. The number of hydrogen-bond acceptors (Lipinski definition) is 7. The Morgan fingerprint density at radius 1 is 1.15 bits per heavy atom. The number of anilines is 1. The molecule has 0 bridgehead atoms. The summed E-state index contributed by atoms with van der Waals surface area (Å²) >= 11 is 1.59. The van der Waals surface area contributed by atoms with E-state index in [9.17, 15) is 10.1 Å². The summed E-state index contributed by atoms with van der Waals surface area (Å²) in [4.78, 5) is 26.2. The van der Waals surface area contributed by atoms with Crippen molar-refractivity contribution in [3.8, 4) is 11.5 Å². The molecular formula is C19H15N5O2S. The normalized spacial score (nSPS) is 10.9. The Morgan fingerprint density at radius 3 is 2.81 bits per heavy atom. The van der Waals surface area contributed by atoms with Crippen LogP contribution in [0.4, 0.5) is 11.5 Å². The summed E-state index contributed by atoms with van der Waals surface area (Å²) in [5.41, 5.74) is 1.58. The number of nitrogens with one attached hydrogen (secondary N) is 1. The standard InChI is InChI=1S/C19H15N5O2S/c1-12-9-15-17(21-11-13-5-4-6-14(10-13)24(25)26)22-18(23-19(15)27-12)16-7-2-3-8-20-16/h2-10H,11H2,1H3,(H,21,22,23). The Balaban J connectivity index is 1.70. The summed E-state index contributed by atoms with van der Waals surface area (Å²) < 4.78 is 0. The van der Waals surface area contributed by atoms with Crippen molar-refractivity contribution in [2.45, 2.75) is 13.5 Å². The first kappa shape index (κ1) is 17.0. The maximum absolute atomic E-state index is 11.0. The van der Waals surface area contributed by atoms with E-state index in [-0.39, 0.29) is 5.69 Å². The lowest BCUT2D eigenvalue weighted by Gasteiger charge is -2.09. The van der Waals surface area contributed by atoms with Gasteiger partial charge in [-0.25, -0.2) is 9.97 Å². The molecule has 1 N–H and O–H groups in total. The van der Waals surface area contributed by atoms with Gasteiger partial charge in [0, 0.05) is 29.8 Å². The van der Waals surface area contributed by atoms with Crippen molar-refractivity contribution < 1.29 is 4.92 Å². The molecule has 134 valence electrons. The third kappa shape index (κ3) is 3.61. The maximum Gasteiger partial charge on any atom is 0.269 e. The zero-order chi connectivity index (χ0) is 18.8. The van der Waals surface area contributed by atoms with Gasteiger partial charge in [-0.15, -0.1) is 11.3 Å². The van der Waals surface area contributed by atoms with E-state index >= 15 is 0 Å². The molecule has 7 nitrogen and oxygen atoms in total. The lowest BCUT2D eigenvalue weighted by molar-refractivity contribution is -0.384. The van der Waals surface area contributed by atoms with Crippen LogP contribution in [0.2, 0.25) is 0 Å². The van der Waals surface area contributed by atoms with Gasteiger partial charge in [-0.2, -0.15) is 0 Å². The molecule has 0 aliphatic heterocycles. The Kier molecular flexibility index (Phi) is 4.47. The van der Waals surface area contributed by atoms with Crippen LogP contribution in [0.1, 0.15) is 10.4 Å². The highest BCUT2D eigenvalue weighted by atomic mass is 32.1. The van der Waals surface area contributed by atoms with Crippen molar-refractivity contribution in [2.24, 2.45) is 0 Å². The fraction of sp³-hybridized carbons (Fsp3) is 0.105. The largest absolute Gasteiger partial charge is 0.365 e. The van der Waals surface area contributed by atoms with E-state index in [1.165, 1.54) is 6.07 Å². The van der Waals surface area contributed by atoms with E-state index in [0.29, 0.717) is 23.9 Å². The van der Waals surface area contributed by atoms with Crippen molar-refractivity contribution >= 4 is 33.1 Å². The minimum atomic E-state index is -0.395. The van der Waals surface area contributed by atoms with Crippen molar-refractivity contribution in [3.05, 3.63) is 75.3 Å². The number of aromatic nitrogens is 3. The number of fused-ring (bicyclic) bond motifs is 1. The number of hydrogen-bond donors (Lipinski definition) is 1. The van der Waals surface area contributed by atoms with E-state index in [1.54, 1.807) is 29.7 Å². The second kappa shape index (κ2) is 7.08. The number of nitrogens with zero attached hydrogens (tertiary/aromatic N) is 4. The number of thiophene rings is 1. The van der Waals surface area contributed by atoms with Crippen LogP contribution >= 0.6 is 11.3 Å². The molecule has 0 spiro atoms. The molecule has 8 heteroatoms. The van der Waals surface area contributed by atoms with Crippen LogP contribution in [0.5, 0.6) is 0 Å². The van der Waals surface area contributed by atoms with Crippen LogP contribution in [-0.4, -0.2) is 19.9 Å². The molecule has 0 saturated carbocycles. The van der Waals surface area contributed by atoms with E-state index < -0.39 is 4.92 Å². The first-order chi connectivity index (χ1) is 13.1. The number of aryl methyl sites for hydroxylation is 1. The Hall–Kier alpha value is -3.39. The Labute approximate surface area is 158 Å². The SMILES string of the molecule is Cc1cc2c(NCc3cccc([N+](=O)[O-])c3)nc(-c3ccccn3)nc2s1.